The molecule has 2 aliphatic rings. The fourth-order valence-corrected chi connectivity index (χ4v) is 4.57. The molecule has 0 aromatic carbocycles. The molecule has 0 N–H and O–H groups in total. The molecule has 17 heavy (non-hydrogen) atoms. The van der Waals surface area contributed by atoms with Gasteiger partial charge in [-0.3, -0.25) is 0 Å². The van der Waals surface area contributed by atoms with Crippen LogP contribution in [0.5, 0.6) is 0 Å². The van der Waals surface area contributed by atoms with Gasteiger partial charge in [-0.2, -0.15) is 36.7 Å². The highest BCUT2D eigenvalue weighted by Gasteiger charge is 2.13. The van der Waals surface area contributed by atoms with Gasteiger partial charge >= 0.3 is 0 Å². The maximum absolute atomic E-state index is 5.97. The van der Waals surface area contributed by atoms with Crippen molar-refractivity contribution in [2.24, 2.45) is 0 Å². The second kappa shape index (κ2) is 4.68. The van der Waals surface area contributed by atoms with Gasteiger partial charge in [-0.25, -0.2) is 0 Å². The lowest BCUT2D eigenvalue weighted by Crippen LogP contribution is -1.97. The summed E-state index contributed by atoms with van der Waals surface area (Å²) >= 11 is 5.97. The molecule has 1 aromatic heterocycles. The van der Waals surface area contributed by atoms with E-state index >= 15 is 0 Å². The smallest absolute Gasteiger partial charge is 0.199 e. The van der Waals surface area contributed by atoms with E-state index in [1.165, 1.54) is 0 Å². The zero-order valence-electron chi connectivity index (χ0n) is 8.73. The van der Waals surface area contributed by atoms with E-state index in [0.717, 1.165) is 10.3 Å². The predicted molar refractivity (Wildman–Crippen MR) is 75.9 cm³/mol. The molecule has 0 atom stereocenters. The van der Waals surface area contributed by atoms with Crippen LogP contribution in [-0.2, 0) is 0 Å². The van der Waals surface area contributed by atoms with Gasteiger partial charge in [0.1, 0.15) is 0 Å². The van der Waals surface area contributed by atoms with Crippen molar-refractivity contribution in [3.63, 3.8) is 0 Å². The Morgan fingerprint density at radius 1 is 0.706 bits per heavy atom. The molecule has 0 aliphatic carbocycles. The fourth-order valence-electron chi connectivity index (χ4n) is 1.50. The van der Waals surface area contributed by atoms with Gasteiger partial charge in [-0.15, -0.1) is 0 Å². The lowest BCUT2D eigenvalue weighted by atomic mass is 10.6. The summed E-state index contributed by atoms with van der Waals surface area (Å²) in [6.07, 6.45) is 8.07. The number of hydrogen-bond acceptors (Lipinski definition) is 3. The van der Waals surface area contributed by atoms with Crippen LogP contribution in [0.25, 0.3) is 0 Å². The lowest BCUT2D eigenvalue weighted by molar-refractivity contribution is 0.801. The molecular weight excluding hydrogens is 274 g/mol. The third-order valence-corrected chi connectivity index (χ3v) is 5.72. The van der Waals surface area contributed by atoms with Crippen LogP contribution in [0.2, 0.25) is 5.28 Å². The number of thiol groups is 2. The third kappa shape index (κ3) is 2.31. The molecule has 0 unspecified atom stereocenters. The molecular formula is C11H10ClN3S2. The predicted octanol–water partition coefficient (Wildman–Crippen LogP) is 3.33. The van der Waals surface area contributed by atoms with Gasteiger partial charge in [0.25, 0.3) is 0 Å². The zero-order valence-corrected chi connectivity index (χ0v) is 11.3. The minimum absolute atomic E-state index is 0.289. The van der Waals surface area contributed by atoms with Crippen LogP contribution in [0.4, 0.5) is 0 Å². The number of hydrogen-bond donors (Lipinski definition) is 2. The highest BCUT2D eigenvalue weighted by Crippen LogP contribution is 2.44. The first kappa shape index (κ1) is 11.1. The summed E-state index contributed by atoms with van der Waals surface area (Å²) in [5, 5.41) is 10.3. The number of allylic oxidation sites excluding steroid dienone is 4. The van der Waals surface area contributed by atoms with Gasteiger partial charge in [0, 0.05) is 0 Å². The van der Waals surface area contributed by atoms with Crippen LogP contribution < -0.4 is 0 Å². The Bertz CT molecular complexity index is 496. The van der Waals surface area contributed by atoms with Gasteiger partial charge in [-0.05, 0) is 33.2 Å². The lowest BCUT2D eigenvalue weighted by Gasteiger charge is -2.13. The Hall–Kier alpha value is -1.04. The van der Waals surface area contributed by atoms with Crippen molar-refractivity contribution in [1.82, 2.24) is 15.0 Å². The summed E-state index contributed by atoms with van der Waals surface area (Å²) in [5.41, 5.74) is 0. The second-order valence-corrected chi connectivity index (χ2v) is 7.34. The van der Waals surface area contributed by atoms with Gasteiger partial charge in [0.2, 0.25) is 5.28 Å². The Labute approximate surface area is 110 Å². The molecule has 2 aliphatic heterocycles. The molecule has 0 spiro atoms. The first-order chi connectivity index (χ1) is 8.33. The van der Waals surface area contributed by atoms with E-state index in [1.807, 2.05) is 24.3 Å². The van der Waals surface area contributed by atoms with Crippen LogP contribution in [0, 0.1) is 0 Å². The zero-order chi connectivity index (χ0) is 11.7. The first-order valence-corrected chi connectivity index (χ1v) is 8.35. The van der Waals surface area contributed by atoms with Crippen molar-refractivity contribution in [2.45, 2.75) is 10.3 Å². The topological polar surface area (TPSA) is 38.7 Å². The molecule has 0 amide bonds. The third-order valence-electron chi connectivity index (χ3n) is 2.26. The molecule has 1 aromatic rings. The van der Waals surface area contributed by atoms with Crippen molar-refractivity contribution in [3.05, 3.63) is 51.2 Å². The molecule has 3 heterocycles. The molecule has 3 rings (SSSR count). The maximum Gasteiger partial charge on any atom is 0.227 e. The highest BCUT2D eigenvalue weighted by atomic mass is 35.5. The Kier molecular flexibility index (Phi) is 3.05. The van der Waals surface area contributed by atoms with Gasteiger partial charge in [0.15, 0.2) is 10.3 Å². The largest absolute Gasteiger partial charge is 0.227 e. The minimum Gasteiger partial charge on any atom is -0.199 e. The van der Waals surface area contributed by atoms with E-state index in [0.29, 0.717) is 0 Å². The Balaban J connectivity index is 2.00. The number of aromatic nitrogens is 3. The molecule has 0 bridgehead atoms. The molecule has 88 valence electrons. The summed E-state index contributed by atoms with van der Waals surface area (Å²) < 4.78 is 0. The van der Waals surface area contributed by atoms with Gasteiger partial charge in [0.05, 0.1) is 0 Å². The first-order valence-electron chi connectivity index (χ1n) is 5.01. The number of halogens is 1. The van der Waals surface area contributed by atoms with Crippen molar-refractivity contribution < 1.29 is 0 Å². The van der Waals surface area contributed by atoms with Crippen LogP contribution in [0.15, 0.2) is 56.2 Å². The van der Waals surface area contributed by atoms with Crippen molar-refractivity contribution in [2.75, 3.05) is 0 Å². The SMILES string of the molecule is Clc1nc([SH]2C=CC=C2)nc([SH]2C=CC=C2)n1. The van der Waals surface area contributed by atoms with E-state index in [2.05, 4.69) is 36.6 Å². The molecule has 6 heteroatoms. The van der Waals surface area contributed by atoms with Crippen molar-refractivity contribution in [3.8, 4) is 0 Å². The van der Waals surface area contributed by atoms with E-state index in [9.17, 15) is 0 Å². The summed E-state index contributed by atoms with van der Waals surface area (Å²) in [7, 11) is -1.07. The van der Waals surface area contributed by atoms with Gasteiger partial charge < -0.3 is 0 Å². The average Bonchev–Trinajstić information content (AvgIpc) is 3.02. The molecule has 0 saturated carbocycles. The van der Waals surface area contributed by atoms with Crippen molar-refractivity contribution >= 4 is 33.4 Å². The summed E-state index contributed by atoms with van der Waals surface area (Å²) in [5.74, 6) is 0. The normalized spacial score (nSPS) is 20.8. The fraction of sp³-hybridized carbons (Fsp3) is 0. The average molecular weight is 284 g/mol. The summed E-state index contributed by atoms with van der Waals surface area (Å²) in [6.45, 7) is 0. The standard InChI is InChI=1S/C11H10ClN3S2/c12-9-13-10(16-5-1-2-6-16)15-11(14-9)17-7-3-4-8-17/h1-8,16-17H. The monoisotopic (exact) mass is 283 g/mol. The summed E-state index contributed by atoms with van der Waals surface area (Å²) in [4.78, 5) is 13.0. The van der Waals surface area contributed by atoms with E-state index in [4.69, 9.17) is 11.6 Å². The highest BCUT2D eigenvalue weighted by molar-refractivity contribution is 8.22. The molecule has 0 radical (unpaired) electrons. The molecule has 0 fully saturated rings. The van der Waals surface area contributed by atoms with Crippen molar-refractivity contribution in [1.29, 1.82) is 0 Å². The number of rotatable bonds is 2. The molecule has 3 nitrogen and oxygen atoms in total. The number of nitrogens with zero attached hydrogens (tertiary/aromatic N) is 3. The molecule has 0 saturated heterocycles. The van der Waals surface area contributed by atoms with E-state index in [1.54, 1.807) is 0 Å². The van der Waals surface area contributed by atoms with Crippen LogP contribution in [0.1, 0.15) is 0 Å². The minimum atomic E-state index is -0.533. The Morgan fingerprint density at radius 2 is 1.12 bits per heavy atom. The Morgan fingerprint density at radius 3 is 1.53 bits per heavy atom. The van der Waals surface area contributed by atoms with E-state index in [-0.39, 0.29) is 5.28 Å². The van der Waals surface area contributed by atoms with Gasteiger partial charge in [-0.1, -0.05) is 24.3 Å². The quantitative estimate of drug-likeness (QED) is 0.818. The second-order valence-electron chi connectivity index (χ2n) is 3.39. The van der Waals surface area contributed by atoms with E-state index < -0.39 is 21.8 Å². The summed E-state index contributed by atoms with van der Waals surface area (Å²) in [6, 6.07) is 0. The van der Waals surface area contributed by atoms with Crippen LogP contribution in [0.3, 0.4) is 0 Å². The van der Waals surface area contributed by atoms with Crippen LogP contribution >= 0.6 is 33.4 Å². The maximum atomic E-state index is 5.97. The van der Waals surface area contributed by atoms with Crippen LogP contribution in [-0.4, -0.2) is 15.0 Å².